The Balaban J connectivity index is 1.72. The van der Waals surface area contributed by atoms with E-state index >= 15 is 0 Å². The molecule has 0 spiro atoms. The van der Waals surface area contributed by atoms with Crippen molar-refractivity contribution in [1.29, 1.82) is 0 Å². The quantitative estimate of drug-likeness (QED) is 0.839. The lowest BCUT2D eigenvalue weighted by Gasteiger charge is -2.34. The fourth-order valence-electron chi connectivity index (χ4n) is 2.54. The molecule has 0 saturated carbocycles. The van der Waals surface area contributed by atoms with Gasteiger partial charge >= 0.3 is 5.97 Å². The number of carbonyl (C=O) groups is 2. The molecule has 0 atom stereocenters. The number of esters is 1. The van der Waals surface area contributed by atoms with E-state index in [1.807, 2.05) is 18.2 Å². The van der Waals surface area contributed by atoms with Gasteiger partial charge in [-0.3, -0.25) is 9.59 Å². The lowest BCUT2D eigenvalue weighted by Crippen LogP contribution is -2.44. The van der Waals surface area contributed by atoms with Crippen LogP contribution in [-0.2, 0) is 14.3 Å². The molecule has 2 rings (SSSR count). The van der Waals surface area contributed by atoms with Crippen molar-refractivity contribution in [2.45, 2.75) is 31.7 Å². The van der Waals surface area contributed by atoms with E-state index in [0.29, 0.717) is 0 Å². The second-order valence-electron chi connectivity index (χ2n) is 5.24. The van der Waals surface area contributed by atoms with E-state index < -0.39 is 0 Å². The Morgan fingerprint density at radius 3 is 2.48 bits per heavy atom. The van der Waals surface area contributed by atoms with Crippen LogP contribution in [0.1, 0.15) is 25.7 Å². The molecule has 1 heterocycles. The minimum Gasteiger partial charge on any atom is -0.469 e. The number of carbonyl (C=O) groups excluding carboxylic acids is 2. The molecule has 1 aliphatic rings. The molecule has 0 aromatic heterocycles. The molecular formula is C16H22N2O3. The molecule has 1 aliphatic heterocycles. The third-order valence-electron chi connectivity index (χ3n) is 3.77. The van der Waals surface area contributed by atoms with E-state index in [2.05, 4.69) is 27.1 Å². The summed E-state index contributed by atoms with van der Waals surface area (Å²) in [4.78, 5) is 25.1. The van der Waals surface area contributed by atoms with Crippen LogP contribution in [0.2, 0.25) is 0 Å². The predicted molar refractivity (Wildman–Crippen MR) is 81.1 cm³/mol. The van der Waals surface area contributed by atoms with Crippen molar-refractivity contribution in [2.75, 3.05) is 25.1 Å². The second-order valence-corrected chi connectivity index (χ2v) is 5.24. The van der Waals surface area contributed by atoms with Gasteiger partial charge in [-0.25, -0.2) is 0 Å². The zero-order chi connectivity index (χ0) is 15.1. The first-order valence-corrected chi connectivity index (χ1v) is 7.35. The van der Waals surface area contributed by atoms with Crippen molar-refractivity contribution in [2.24, 2.45) is 0 Å². The zero-order valence-corrected chi connectivity index (χ0v) is 12.4. The van der Waals surface area contributed by atoms with Crippen LogP contribution >= 0.6 is 0 Å². The first-order valence-electron chi connectivity index (χ1n) is 7.35. The molecular weight excluding hydrogens is 268 g/mol. The van der Waals surface area contributed by atoms with Crippen LogP contribution in [0.15, 0.2) is 30.3 Å². The summed E-state index contributed by atoms with van der Waals surface area (Å²) in [5.74, 6) is -0.414. The Kier molecular flexibility index (Phi) is 5.60. The minimum atomic E-state index is -0.343. The van der Waals surface area contributed by atoms with Gasteiger partial charge in [0.25, 0.3) is 0 Å². The standard InChI is InChI=1S/C16H22N2O3/c1-21-16(20)8-7-15(19)17-13-9-11-18(12-10-13)14-5-3-2-4-6-14/h2-6,13H,7-12H2,1H3,(H,17,19). The van der Waals surface area contributed by atoms with Crippen molar-refractivity contribution in [3.63, 3.8) is 0 Å². The number of piperidine rings is 1. The molecule has 0 bridgehead atoms. The predicted octanol–water partition coefficient (Wildman–Crippen LogP) is 1.72. The van der Waals surface area contributed by atoms with Gasteiger partial charge in [0.1, 0.15) is 0 Å². The van der Waals surface area contributed by atoms with Gasteiger partial charge in [0.15, 0.2) is 0 Å². The third kappa shape index (κ3) is 4.77. The number of para-hydroxylation sites is 1. The highest BCUT2D eigenvalue weighted by Crippen LogP contribution is 2.19. The summed E-state index contributed by atoms with van der Waals surface area (Å²) in [6.07, 6.45) is 2.20. The monoisotopic (exact) mass is 290 g/mol. The summed E-state index contributed by atoms with van der Waals surface area (Å²) in [5, 5.41) is 3.00. The summed E-state index contributed by atoms with van der Waals surface area (Å²) in [5.41, 5.74) is 1.23. The first-order chi connectivity index (χ1) is 10.2. The van der Waals surface area contributed by atoms with Crippen molar-refractivity contribution < 1.29 is 14.3 Å². The number of rotatable bonds is 5. The van der Waals surface area contributed by atoms with Crippen molar-refractivity contribution in [1.82, 2.24) is 5.32 Å². The Bertz CT molecular complexity index is 468. The van der Waals surface area contributed by atoms with Crippen LogP contribution in [0.4, 0.5) is 5.69 Å². The zero-order valence-electron chi connectivity index (χ0n) is 12.4. The number of amides is 1. The van der Waals surface area contributed by atoms with Gasteiger partial charge in [-0.05, 0) is 25.0 Å². The van der Waals surface area contributed by atoms with E-state index in [0.717, 1.165) is 25.9 Å². The number of nitrogens with zero attached hydrogens (tertiary/aromatic N) is 1. The Labute approximate surface area is 125 Å². The average Bonchev–Trinajstić information content (AvgIpc) is 2.54. The van der Waals surface area contributed by atoms with Crippen molar-refractivity contribution in [3.8, 4) is 0 Å². The molecule has 0 unspecified atom stereocenters. The summed E-state index contributed by atoms with van der Waals surface area (Å²) in [6.45, 7) is 1.87. The maximum absolute atomic E-state index is 11.8. The van der Waals surface area contributed by atoms with Crippen LogP contribution in [-0.4, -0.2) is 38.1 Å². The van der Waals surface area contributed by atoms with Gasteiger partial charge in [-0.15, -0.1) is 0 Å². The highest BCUT2D eigenvalue weighted by molar-refractivity contribution is 5.81. The van der Waals surface area contributed by atoms with E-state index in [9.17, 15) is 9.59 Å². The van der Waals surface area contributed by atoms with E-state index in [1.54, 1.807) is 0 Å². The normalized spacial score (nSPS) is 15.6. The molecule has 1 fully saturated rings. The van der Waals surface area contributed by atoms with Gasteiger partial charge in [-0.1, -0.05) is 18.2 Å². The van der Waals surface area contributed by atoms with Gasteiger partial charge in [0, 0.05) is 31.2 Å². The molecule has 1 N–H and O–H groups in total. The molecule has 0 radical (unpaired) electrons. The molecule has 1 aromatic carbocycles. The molecule has 1 saturated heterocycles. The third-order valence-corrected chi connectivity index (χ3v) is 3.77. The highest BCUT2D eigenvalue weighted by atomic mass is 16.5. The molecule has 1 amide bonds. The number of methoxy groups -OCH3 is 1. The summed E-state index contributed by atoms with van der Waals surface area (Å²) in [7, 11) is 1.33. The van der Waals surface area contributed by atoms with E-state index in [4.69, 9.17) is 0 Å². The largest absolute Gasteiger partial charge is 0.469 e. The number of hydrogen-bond donors (Lipinski definition) is 1. The fraction of sp³-hybridized carbons (Fsp3) is 0.500. The second kappa shape index (κ2) is 7.67. The van der Waals surface area contributed by atoms with Crippen molar-refractivity contribution in [3.05, 3.63) is 30.3 Å². The Morgan fingerprint density at radius 2 is 1.86 bits per heavy atom. The van der Waals surface area contributed by atoms with Crippen LogP contribution in [0.25, 0.3) is 0 Å². The fourth-order valence-corrected chi connectivity index (χ4v) is 2.54. The van der Waals surface area contributed by atoms with Gasteiger partial charge < -0.3 is 15.0 Å². The van der Waals surface area contributed by atoms with Gasteiger partial charge in [0.05, 0.1) is 13.5 Å². The number of anilines is 1. The molecule has 21 heavy (non-hydrogen) atoms. The number of nitrogens with one attached hydrogen (secondary N) is 1. The molecule has 1 aromatic rings. The van der Waals surface area contributed by atoms with Crippen LogP contribution < -0.4 is 10.2 Å². The number of benzene rings is 1. The van der Waals surface area contributed by atoms with Crippen LogP contribution in [0, 0.1) is 0 Å². The van der Waals surface area contributed by atoms with Gasteiger partial charge in [0.2, 0.25) is 5.91 Å². The molecule has 5 heteroatoms. The Morgan fingerprint density at radius 1 is 1.19 bits per heavy atom. The first kappa shape index (κ1) is 15.4. The maximum Gasteiger partial charge on any atom is 0.306 e. The lowest BCUT2D eigenvalue weighted by atomic mass is 10.0. The average molecular weight is 290 g/mol. The van der Waals surface area contributed by atoms with Crippen molar-refractivity contribution >= 4 is 17.6 Å². The SMILES string of the molecule is COC(=O)CCC(=O)NC1CCN(c2ccccc2)CC1. The van der Waals surface area contributed by atoms with Gasteiger partial charge in [-0.2, -0.15) is 0 Å². The number of ether oxygens (including phenoxy) is 1. The van der Waals surface area contributed by atoms with Crippen LogP contribution in [0.5, 0.6) is 0 Å². The van der Waals surface area contributed by atoms with Crippen LogP contribution in [0.3, 0.4) is 0 Å². The topological polar surface area (TPSA) is 58.6 Å². The highest BCUT2D eigenvalue weighted by Gasteiger charge is 2.20. The summed E-state index contributed by atoms with van der Waals surface area (Å²) in [6, 6.07) is 10.5. The summed E-state index contributed by atoms with van der Waals surface area (Å²) < 4.78 is 4.53. The lowest BCUT2D eigenvalue weighted by molar-refractivity contribution is -0.142. The summed E-state index contributed by atoms with van der Waals surface area (Å²) >= 11 is 0. The smallest absolute Gasteiger partial charge is 0.306 e. The maximum atomic E-state index is 11.8. The Hall–Kier alpha value is -2.04. The molecule has 5 nitrogen and oxygen atoms in total. The number of hydrogen-bond acceptors (Lipinski definition) is 4. The van der Waals surface area contributed by atoms with E-state index in [1.165, 1.54) is 12.8 Å². The molecule has 114 valence electrons. The molecule has 0 aliphatic carbocycles. The van der Waals surface area contributed by atoms with E-state index in [-0.39, 0.29) is 30.8 Å². The minimum absolute atomic E-state index is 0.0708.